The molecule has 0 aliphatic heterocycles. The van der Waals surface area contributed by atoms with Gasteiger partial charge < -0.3 is 15.3 Å². The summed E-state index contributed by atoms with van der Waals surface area (Å²) in [5.74, 6) is -0.0204. The molecule has 2 atom stereocenters. The monoisotopic (exact) mass is 290 g/mol. The van der Waals surface area contributed by atoms with E-state index in [1.54, 1.807) is 0 Å². The molecule has 0 radical (unpaired) electrons. The Hall–Kier alpha value is -2.08. The Morgan fingerprint density at radius 3 is 2.43 bits per heavy atom. The molecule has 21 heavy (non-hydrogen) atoms. The summed E-state index contributed by atoms with van der Waals surface area (Å²) in [5.41, 5.74) is 2.35. The van der Waals surface area contributed by atoms with Crippen molar-refractivity contribution in [3.63, 3.8) is 0 Å². The van der Waals surface area contributed by atoms with Crippen molar-refractivity contribution in [2.75, 3.05) is 0 Å². The first-order valence-corrected chi connectivity index (χ1v) is 7.15. The Balaban J connectivity index is 2.09. The number of imidazole rings is 1. The van der Waals surface area contributed by atoms with E-state index in [4.69, 9.17) is 0 Å². The van der Waals surface area contributed by atoms with Gasteiger partial charge in [-0.3, -0.25) is 10.1 Å². The highest BCUT2D eigenvalue weighted by Gasteiger charge is 2.17. The molecule has 1 heterocycles. The highest BCUT2D eigenvalue weighted by atomic mass is 16.2. The highest BCUT2D eigenvalue weighted by Crippen LogP contribution is 2.17. The van der Waals surface area contributed by atoms with Crippen LogP contribution in [0.5, 0.6) is 0 Å². The van der Waals surface area contributed by atoms with Crippen LogP contribution in [0.4, 0.5) is 0 Å². The summed E-state index contributed by atoms with van der Waals surface area (Å²) in [4.78, 5) is 28.6. The van der Waals surface area contributed by atoms with E-state index >= 15 is 0 Å². The summed E-state index contributed by atoms with van der Waals surface area (Å²) in [5, 5.41) is 6.14. The first-order chi connectivity index (χ1) is 9.86. The number of benzene rings is 1. The second-order valence-electron chi connectivity index (χ2n) is 5.66. The molecule has 0 aliphatic rings. The molecule has 0 aliphatic carbocycles. The number of rotatable bonds is 5. The largest absolute Gasteiger partial charge is 0.353 e. The summed E-state index contributed by atoms with van der Waals surface area (Å²) >= 11 is 0. The van der Waals surface area contributed by atoms with Crippen molar-refractivity contribution in [2.45, 2.75) is 45.8 Å². The normalized spacial score (nSPS) is 14.3. The minimum Gasteiger partial charge on any atom is -0.353 e. The number of H-pyrrole nitrogens is 2. The maximum atomic E-state index is 11.9. The van der Waals surface area contributed by atoms with Gasteiger partial charge in [0.15, 0.2) is 0 Å². The Labute approximate surface area is 123 Å². The highest BCUT2D eigenvalue weighted by molar-refractivity contribution is 5.81. The van der Waals surface area contributed by atoms with E-state index in [9.17, 15) is 9.59 Å². The maximum absolute atomic E-state index is 11.9. The Bertz CT molecular complexity index is 686. The molecule has 114 valence electrons. The second-order valence-corrected chi connectivity index (χ2v) is 5.66. The Morgan fingerprint density at radius 1 is 1.10 bits per heavy atom. The van der Waals surface area contributed by atoms with E-state index in [1.165, 1.54) is 0 Å². The van der Waals surface area contributed by atoms with Crippen molar-refractivity contribution in [2.24, 2.45) is 0 Å². The predicted molar refractivity (Wildman–Crippen MR) is 83.2 cm³/mol. The summed E-state index contributed by atoms with van der Waals surface area (Å²) in [6.45, 7) is 7.70. The SMILES string of the molecule is CC(C)NC(=O)C(C)NC(C)c1ccc2[nH]c(=O)[nH]c2c1. The molecule has 1 aromatic carbocycles. The minimum absolute atomic E-state index is 0.000661. The Kier molecular flexibility index (Phi) is 4.47. The quantitative estimate of drug-likeness (QED) is 0.671. The molecule has 6 nitrogen and oxygen atoms in total. The van der Waals surface area contributed by atoms with E-state index in [-0.39, 0.29) is 29.7 Å². The van der Waals surface area contributed by atoms with Gasteiger partial charge in [-0.25, -0.2) is 4.79 Å². The summed E-state index contributed by atoms with van der Waals surface area (Å²) < 4.78 is 0. The predicted octanol–water partition coefficient (Wildman–Crippen LogP) is 1.42. The smallest absolute Gasteiger partial charge is 0.323 e. The van der Waals surface area contributed by atoms with Crippen LogP contribution in [-0.4, -0.2) is 28.0 Å². The zero-order chi connectivity index (χ0) is 15.6. The topological polar surface area (TPSA) is 89.8 Å². The van der Waals surface area contributed by atoms with Crippen LogP contribution >= 0.6 is 0 Å². The molecule has 0 bridgehead atoms. The molecular formula is C15H22N4O2. The number of hydrogen-bond acceptors (Lipinski definition) is 3. The first-order valence-electron chi connectivity index (χ1n) is 7.15. The van der Waals surface area contributed by atoms with Crippen LogP contribution in [0.1, 0.15) is 39.3 Å². The molecule has 0 saturated carbocycles. The number of amides is 1. The van der Waals surface area contributed by atoms with E-state index < -0.39 is 0 Å². The zero-order valence-electron chi connectivity index (χ0n) is 12.8. The first kappa shape index (κ1) is 15.3. The molecule has 2 aromatic rings. The summed E-state index contributed by atoms with van der Waals surface area (Å²) in [6, 6.07) is 5.55. The molecule has 0 fully saturated rings. The molecule has 4 N–H and O–H groups in total. The molecule has 0 saturated heterocycles. The fraction of sp³-hybridized carbons (Fsp3) is 0.467. The standard InChI is InChI=1S/C15H22N4O2/c1-8(2)16-14(20)10(4)17-9(3)11-5-6-12-13(7-11)19-15(21)18-12/h5-10,17H,1-4H3,(H,16,20)(H2,18,19,21). The number of fused-ring (bicyclic) bond motifs is 1. The van der Waals surface area contributed by atoms with Crippen LogP contribution in [0, 0.1) is 0 Å². The summed E-state index contributed by atoms with van der Waals surface area (Å²) in [6.07, 6.45) is 0. The van der Waals surface area contributed by atoms with E-state index in [0.717, 1.165) is 16.6 Å². The lowest BCUT2D eigenvalue weighted by Crippen LogP contribution is -2.45. The number of nitrogens with one attached hydrogen (secondary N) is 4. The van der Waals surface area contributed by atoms with Gasteiger partial charge in [-0.2, -0.15) is 0 Å². The average molecular weight is 290 g/mol. The fourth-order valence-corrected chi connectivity index (χ4v) is 2.28. The van der Waals surface area contributed by atoms with Gasteiger partial charge in [0, 0.05) is 12.1 Å². The van der Waals surface area contributed by atoms with E-state index in [0.29, 0.717) is 0 Å². The number of aromatic nitrogens is 2. The third kappa shape index (κ3) is 3.72. The van der Waals surface area contributed by atoms with Crippen molar-refractivity contribution in [3.8, 4) is 0 Å². The third-order valence-electron chi connectivity index (χ3n) is 3.36. The van der Waals surface area contributed by atoms with Gasteiger partial charge in [0.1, 0.15) is 0 Å². The molecule has 2 rings (SSSR count). The second kappa shape index (κ2) is 6.13. The number of hydrogen-bond donors (Lipinski definition) is 4. The van der Waals surface area contributed by atoms with Gasteiger partial charge in [0.25, 0.3) is 0 Å². The molecule has 2 unspecified atom stereocenters. The fourth-order valence-electron chi connectivity index (χ4n) is 2.28. The van der Waals surface area contributed by atoms with Gasteiger partial charge in [0.2, 0.25) is 5.91 Å². The lowest BCUT2D eigenvalue weighted by molar-refractivity contribution is -0.123. The van der Waals surface area contributed by atoms with Gasteiger partial charge in [-0.15, -0.1) is 0 Å². The summed E-state index contributed by atoms with van der Waals surface area (Å²) in [7, 11) is 0. The van der Waals surface area contributed by atoms with Gasteiger partial charge >= 0.3 is 5.69 Å². The zero-order valence-corrected chi connectivity index (χ0v) is 12.8. The number of carbonyl (C=O) groups is 1. The van der Waals surface area contributed by atoms with Crippen LogP contribution in [0.25, 0.3) is 11.0 Å². The van der Waals surface area contributed by atoms with Crippen LogP contribution in [0.15, 0.2) is 23.0 Å². The average Bonchev–Trinajstić information content (AvgIpc) is 2.76. The molecule has 1 amide bonds. The molecule has 0 spiro atoms. The minimum atomic E-state index is -0.289. The van der Waals surface area contributed by atoms with Crippen LogP contribution in [-0.2, 0) is 4.79 Å². The third-order valence-corrected chi connectivity index (χ3v) is 3.36. The van der Waals surface area contributed by atoms with Gasteiger partial charge in [0.05, 0.1) is 17.1 Å². The lowest BCUT2D eigenvalue weighted by atomic mass is 10.1. The van der Waals surface area contributed by atoms with Crippen molar-refractivity contribution in [3.05, 3.63) is 34.2 Å². The Morgan fingerprint density at radius 2 is 1.76 bits per heavy atom. The van der Waals surface area contributed by atoms with Crippen molar-refractivity contribution in [1.82, 2.24) is 20.6 Å². The number of aromatic amines is 2. The van der Waals surface area contributed by atoms with Crippen molar-refractivity contribution in [1.29, 1.82) is 0 Å². The molecule has 1 aromatic heterocycles. The van der Waals surface area contributed by atoms with E-state index in [2.05, 4.69) is 20.6 Å². The lowest BCUT2D eigenvalue weighted by Gasteiger charge is -2.21. The van der Waals surface area contributed by atoms with Crippen molar-refractivity contribution < 1.29 is 4.79 Å². The number of carbonyl (C=O) groups excluding carboxylic acids is 1. The maximum Gasteiger partial charge on any atom is 0.323 e. The van der Waals surface area contributed by atoms with Crippen LogP contribution < -0.4 is 16.3 Å². The van der Waals surface area contributed by atoms with E-state index in [1.807, 2.05) is 45.9 Å². The van der Waals surface area contributed by atoms with Crippen LogP contribution in [0.2, 0.25) is 0 Å². The van der Waals surface area contributed by atoms with Gasteiger partial charge in [-0.1, -0.05) is 6.07 Å². The van der Waals surface area contributed by atoms with Crippen LogP contribution in [0.3, 0.4) is 0 Å². The molecular weight excluding hydrogens is 268 g/mol. The van der Waals surface area contributed by atoms with Crippen molar-refractivity contribution >= 4 is 16.9 Å². The van der Waals surface area contributed by atoms with Gasteiger partial charge in [-0.05, 0) is 45.4 Å². The molecule has 6 heteroatoms.